The lowest BCUT2D eigenvalue weighted by Gasteiger charge is -2.44. The Morgan fingerprint density at radius 2 is 1.89 bits per heavy atom. The van der Waals surface area contributed by atoms with Crippen molar-refractivity contribution in [2.24, 2.45) is 0 Å². The van der Waals surface area contributed by atoms with E-state index in [4.69, 9.17) is 14.2 Å². The number of piperazine rings is 1. The highest BCUT2D eigenvalue weighted by Gasteiger charge is 2.58. The Labute approximate surface area is 112 Å². The molecule has 1 N–H and O–H groups in total. The zero-order chi connectivity index (χ0) is 12.9. The van der Waals surface area contributed by atoms with Gasteiger partial charge in [-0.1, -0.05) is 0 Å². The van der Waals surface area contributed by atoms with Gasteiger partial charge in [-0.3, -0.25) is 4.90 Å². The maximum absolute atomic E-state index is 12.0. The van der Waals surface area contributed by atoms with Gasteiger partial charge in [-0.05, 0) is 12.8 Å². The molecule has 0 radical (unpaired) electrons. The summed E-state index contributed by atoms with van der Waals surface area (Å²) in [6, 6.07) is 0.174. The molecule has 0 aromatic rings. The van der Waals surface area contributed by atoms with Crippen LogP contribution in [-0.4, -0.2) is 61.3 Å². The van der Waals surface area contributed by atoms with E-state index in [1.54, 1.807) is 0 Å². The van der Waals surface area contributed by atoms with Gasteiger partial charge < -0.3 is 19.5 Å². The third kappa shape index (κ3) is 1.70. The summed E-state index contributed by atoms with van der Waals surface area (Å²) in [4.78, 5) is 13.9. The molecule has 3 aliphatic heterocycles. The molecule has 0 aromatic heterocycles. The molecule has 0 aromatic carbocycles. The Hall–Kier alpha value is -0.850. The van der Waals surface area contributed by atoms with Crippen LogP contribution in [0.4, 0.5) is 4.79 Å². The van der Waals surface area contributed by atoms with Crippen LogP contribution < -0.4 is 5.32 Å². The number of fused-ring (bicyclic) bond motifs is 2. The summed E-state index contributed by atoms with van der Waals surface area (Å²) in [5.74, 6) is -0.396. The smallest absolute Gasteiger partial charge is 0.410 e. The number of hydrogen-bond donors (Lipinski definition) is 1. The molecule has 1 saturated carbocycles. The topological polar surface area (TPSA) is 60.0 Å². The van der Waals surface area contributed by atoms with Crippen LogP contribution in [0.2, 0.25) is 0 Å². The van der Waals surface area contributed by atoms with E-state index in [2.05, 4.69) is 5.32 Å². The Bertz CT molecular complexity index is 384. The number of ether oxygens (including phenoxy) is 3. The van der Waals surface area contributed by atoms with Gasteiger partial charge in [0.25, 0.3) is 0 Å². The summed E-state index contributed by atoms with van der Waals surface area (Å²) < 4.78 is 17.3. The first-order valence-electron chi connectivity index (χ1n) is 7.21. The zero-order valence-electron chi connectivity index (χ0n) is 11.0. The van der Waals surface area contributed by atoms with Crippen LogP contribution in [0.15, 0.2) is 0 Å². The van der Waals surface area contributed by atoms with Gasteiger partial charge in [-0.25, -0.2) is 4.79 Å². The van der Waals surface area contributed by atoms with E-state index in [-0.39, 0.29) is 17.7 Å². The second-order valence-corrected chi connectivity index (χ2v) is 5.95. The predicted octanol–water partition coefficient (Wildman–Crippen LogP) is 0.466. The number of nitrogens with zero attached hydrogens (tertiary/aromatic N) is 1. The van der Waals surface area contributed by atoms with Crippen LogP contribution >= 0.6 is 0 Å². The second-order valence-electron chi connectivity index (χ2n) is 5.95. The van der Waals surface area contributed by atoms with Crippen molar-refractivity contribution in [3.8, 4) is 0 Å². The van der Waals surface area contributed by atoms with Gasteiger partial charge >= 0.3 is 6.09 Å². The molecule has 4 aliphatic rings. The largest absolute Gasteiger partial charge is 0.441 e. The molecular formula is C13H20N2O4. The average Bonchev–Trinajstić information content (AvgIpc) is 3.00. The number of carbonyl (C=O) groups excluding carboxylic acids is 1. The van der Waals surface area contributed by atoms with Crippen molar-refractivity contribution < 1.29 is 19.0 Å². The molecule has 1 atom stereocenters. The quantitative estimate of drug-likeness (QED) is 0.692. The van der Waals surface area contributed by atoms with Crippen LogP contribution in [0.3, 0.4) is 0 Å². The van der Waals surface area contributed by atoms with E-state index in [0.29, 0.717) is 13.2 Å². The van der Waals surface area contributed by atoms with E-state index in [9.17, 15) is 4.79 Å². The summed E-state index contributed by atoms with van der Waals surface area (Å²) in [6.45, 7) is 3.81. The van der Waals surface area contributed by atoms with E-state index < -0.39 is 5.79 Å². The minimum Gasteiger partial charge on any atom is -0.441 e. The van der Waals surface area contributed by atoms with Gasteiger partial charge in [0, 0.05) is 32.5 Å². The second kappa shape index (κ2) is 4.07. The molecular weight excluding hydrogens is 248 g/mol. The van der Waals surface area contributed by atoms with Gasteiger partial charge in [0.1, 0.15) is 5.60 Å². The predicted molar refractivity (Wildman–Crippen MR) is 65.7 cm³/mol. The van der Waals surface area contributed by atoms with Crippen LogP contribution in [0, 0.1) is 0 Å². The fourth-order valence-corrected chi connectivity index (χ4v) is 3.97. The minimum atomic E-state index is -0.396. The first kappa shape index (κ1) is 11.9. The molecule has 4 fully saturated rings. The van der Waals surface area contributed by atoms with Crippen molar-refractivity contribution in [1.82, 2.24) is 10.2 Å². The number of rotatable bonds is 0. The third-order valence-electron chi connectivity index (χ3n) is 5.05. The fourth-order valence-electron chi connectivity index (χ4n) is 3.97. The van der Waals surface area contributed by atoms with Crippen molar-refractivity contribution in [3.63, 3.8) is 0 Å². The van der Waals surface area contributed by atoms with Crippen LogP contribution in [0.25, 0.3) is 0 Å². The number of nitrogens with one attached hydrogen (secondary N) is 1. The lowest BCUT2D eigenvalue weighted by molar-refractivity contribution is -0.201. The molecule has 1 unspecified atom stereocenters. The van der Waals surface area contributed by atoms with Gasteiger partial charge in [-0.15, -0.1) is 0 Å². The SMILES string of the molecule is O=C1OC2(CCC3(CC2)OCCO3)C2CNCCN12. The highest BCUT2D eigenvalue weighted by atomic mass is 16.7. The number of amides is 1. The van der Waals surface area contributed by atoms with Gasteiger partial charge in [-0.2, -0.15) is 0 Å². The molecule has 6 heteroatoms. The summed E-state index contributed by atoms with van der Waals surface area (Å²) in [5.41, 5.74) is -0.328. The standard InChI is InChI=1S/C13H20N2O4/c16-11-15-6-5-14-9-10(15)12(19-11)1-3-13(4-2-12)17-7-8-18-13/h10,14H,1-9H2. The monoisotopic (exact) mass is 268 g/mol. The molecule has 106 valence electrons. The van der Waals surface area contributed by atoms with Crippen molar-refractivity contribution in [3.05, 3.63) is 0 Å². The van der Waals surface area contributed by atoms with Crippen molar-refractivity contribution in [2.45, 2.75) is 43.1 Å². The Kier molecular flexibility index (Phi) is 2.56. The number of carbonyl (C=O) groups is 1. The molecule has 3 heterocycles. The van der Waals surface area contributed by atoms with Crippen LogP contribution in [0.1, 0.15) is 25.7 Å². The molecule has 2 spiro atoms. The van der Waals surface area contributed by atoms with E-state index >= 15 is 0 Å². The molecule has 0 bridgehead atoms. The lowest BCUT2D eigenvalue weighted by Crippen LogP contribution is -2.58. The Balaban J connectivity index is 1.54. The van der Waals surface area contributed by atoms with Crippen LogP contribution in [0.5, 0.6) is 0 Å². The van der Waals surface area contributed by atoms with Gasteiger partial charge in [0.05, 0.1) is 19.3 Å². The zero-order valence-corrected chi connectivity index (χ0v) is 11.0. The minimum absolute atomic E-state index is 0.143. The fraction of sp³-hybridized carbons (Fsp3) is 0.923. The molecule has 6 nitrogen and oxygen atoms in total. The summed E-state index contributed by atoms with van der Waals surface area (Å²) in [5, 5.41) is 3.37. The molecule has 3 saturated heterocycles. The highest BCUT2D eigenvalue weighted by molar-refractivity contribution is 5.72. The average molecular weight is 268 g/mol. The van der Waals surface area contributed by atoms with E-state index in [1.807, 2.05) is 4.90 Å². The number of hydrogen-bond acceptors (Lipinski definition) is 5. The van der Waals surface area contributed by atoms with Crippen LogP contribution in [-0.2, 0) is 14.2 Å². The molecule has 4 rings (SSSR count). The van der Waals surface area contributed by atoms with Crippen molar-refractivity contribution in [2.75, 3.05) is 32.8 Å². The normalized spacial score (nSPS) is 35.7. The van der Waals surface area contributed by atoms with E-state index in [0.717, 1.165) is 45.3 Å². The van der Waals surface area contributed by atoms with Crippen molar-refractivity contribution in [1.29, 1.82) is 0 Å². The molecule has 1 amide bonds. The lowest BCUT2D eigenvalue weighted by atomic mass is 9.76. The summed E-state index contributed by atoms with van der Waals surface area (Å²) in [6.07, 6.45) is 3.18. The summed E-state index contributed by atoms with van der Waals surface area (Å²) >= 11 is 0. The summed E-state index contributed by atoms with van der Waals surface area (Å²) in [7, 11) is 0. The van der Waals surface area contributed by atoms with Gasteiger partial charge in [0.15, 0.2) is 5.79 Å². The Morgan fingerprint density at radius 1 is 1.16 bits per heavy atom. The first-order valence-corrected chi connectivity index (χ1v) is 7.21. The molecule has 1 aliphatic carbocycles. The first-order chi connectivity index (χ1) is 9.23. The molecule has 19 heavy (non-hydrogen) atoms. The highest BCUT2D eigenvalue weighted by Crippen LogP contribution is 2.47. The van der Waals surface area contributed by atoms with E-state index in [1.165, 1.54) is 0 Å². The Morgan fingerprint density at radius 3 is 2.63 bits per heavy atom. The van der Waals surface area contributed by atoms with Crippen molar-refractivity contribution >= 4 is 6.09 Å². The third-order valence-corrected chi connectivity index (χ3v) is 5.05. The van der Waals surface area contributed by atoms with Gasteiger partial charge in [0.2, 0.25) is 0 Å². The maximum Gasteiger partial charge on any atom is 0.410 e. The maximum atomic E-state index is 12.0.